The number of aryl methyl sites for hydroxylation is 1. The fourth-order valence-electron chi connectivity index (χ4n) is 2.63. The molecule has 0 heterocycles. The standard InChI is InChI=1S/C18H23ClN2/c1-13-10-15(12-20-3)8-9-18(13)21(4)14(2)16-6-5-7-17(19)11-16/h5-11,14,20H,12H2,1-4H3. The molecule has 0 spiro atoms. The van der Waals surface area contributed by atoms with Gasteiger partial charge in [0.1, 0.15) is 0 Å². The van der Waals surface area contributed by atoms with E-state index in [1.54, 1.807) is 0 Å². The summed E-state index contributed by atoms with van der Waals surface area (Å²) in [5, 5.41) is 3.97. The topological polar surface area (TPSA) is 15.3 Å². The van der Waals surface area contributed by atoms with Gasteiger partial charge in [-0.2, -0.15) is 0 Å². The molecule has 1 N–H and O–H groups in total. The van der Waals surface area contributed by atoms with Crippen LogP contribution >= 0.6 is 11.6 Å². The summed E-state index contributed by atoms with van der Waals surface area (Å²) in [5.74, 6) is 0. The predicted molar refractivity (Wildman–Crippen MR) is 92.2 cm³/mol. The summed E-state index contributed by atoms with van der Waals surface area (Å²) in [6, 6.07) is 15.0. The van der Waals surface area contributed by atoms with Crippen molar-refractivity contribution in [1.82, 2.24) is 5.32 Å². The zero-order valence-electron chi connectivity index (χ0n) is 13.2. The third-order valence-corrected chi connectivity index (χ3v) is 4.17. The Bertz CT molecular complexity index is 610. The smallest absolute Gasteiger partial charge is 0.0511 e. The van der Waals surface area contributed by atoms with Crippen LogP contribution in [0.2, 0.25) is 5.02 Å². The molecule has 2 nitrogen and oxygen atoms in total. The number of halogens is 1. The maximum Gasteiger partial charge on any atom is 0.0511 e. The Morgan fingerprint density at radius 1 is 1.19 bits per heavy atom. The number of hydrogen-bond donors (Lipinski definition) is 1. The number of anilines is 1. The average molecular weight is 303 g/mol. The lowest BCUT2D eigenvalue weighted by molar-refractivity contribution is 0.736. The van der Waals surface area contributed by atoms with Crippen LogP contribution in [0.25, 0.3) is 0 Å². The first-order chi connectivity index (χ1) is 10.0. The van der Waals surface area contributed by atoms with Gasteiger partial charge in [-0.3, -0.25) is 0 Å². The summed E-state index contributed by atoms with van der Waals surface area (Å²) in [5.41, 5.74) is 5.08. The number of nitrogens with one attached hydrogen (secondary N) is 1. The summed E-state index contributed by atoms with van der Waals surface area (Å²) in [4.78, 5) is 2.30. The van der Waals surface area contributed by atoms with E-state index >= 15 is 0 Å². The molecule has 0 saturated carbocycles. The molecule has 0 aliphatic rings. The van der Waals surface area contributed by atoms with Crippen LogP contribution < -0.4 is 10.2 Å². The Balaban J connectivity index is 2.25. The van der Waals surface area contributed by atoms with Crippen molar-refractivity contribution in [1.29, 1.82) is 0 Å². The van der Waals surface area contributed by atoms with Gasteiger partial charge >= 0.3 is 0 Å². The SMILES string of the molecule is CNCc1ccc(N(C)C(C)c2cccc(Cl)c2)c(C)c1. The van der Waals surface area contributed by atoms with Crippen LogP contribution in [0.3, 0.4) is 0 Å². The molecular formula is C18H23ClN2. The van der Waals surface area contributed by atoms with E-state index in [2.05, 4.69) is 55.4 Å². The summed E-state index contributed by atoms with van der Waals surface area (Å²) in [6.45, 7) is 5.26. The number of nitrogens with zero attached hydrogens (tertiary/aromatic N) is 1. The minimum Gasteiger partial charge on any atom is -0.368 e. The van der Waals surface area contributed by atoms with Crippen LogP contribution in [0.15, 0.2) is 42.5 Å². The van der Waals surface area contributed by atoms with Crippen LogP contribution in [-0.4, -0.2) is 14.1 Å². The third kappa shape index (κ3) is 3.78. The number of benzene rings is 2. The molecule has 0 aromatic heterocycles. The minimum absolute atomic E-state index is 0.276. The van der Waals surface area contributed by atoms with Gasteiger partial charge in [-0.15, -0.1) is 0 Å². The van der Waals surface area contributed by atoms with Crippen molar-refractivity contribution in [2.45, 2.75) is 26.4 Å². The zero-order valence-corrected chi connectivity index (χ0v) is 13.9. The van der Waals surface area contributed by atoms with E-state index in [0.717, 1.165) is 11.6 Å². The lowest BCUT2D eigenvalue weighted by Crippen LogP contribution is -2.22. The van der Waals surface area contributed by atoms with Crippen molar-refractivity contribution in [2.75, 3.05) is 19.0 Å². The maximum absolute atomic E-state index is 6.10. The molecule has 0 aliphatic carbocycles. The summed E-state index contributed by atoms with van der Waals surface area (Å²) in [6.07, 6.45) is 0. The molecule has 112 valence electrons. The second-order valence-electron chi connectivity index (χ2n) is 5.49. The molecule has 21 heavy (non-hydrogen) atoms. The highest BCUT2D eigenvalue weighted by atomic mass is 35.5. The van der Waals surface area contributed by atoms with Crippen molar-refractivity contribution in [3.05, 3.63) is 64.2 Å². The third-order valence-electron chi connectivity index (χ3n) is 3.93. The van der Waals surface area contributed by atoms with Gasteiger partial charge in [-0.05, 0) is 55.8 Å². The van der Waals surface area contributed by atoms with Crippen LogP contribution in [0.4, 0.5) is 5.69 Å². The highest BCUT2D eigenvalue weighted by Gasteiger charge is 2.14. The van der Waals surface area contributed by atoms with Gasteiger partial charge in [-0.1, -0.05) is 35.9 Å². The van der Waals surface area contributed by atoms with E-state index in [4.69, 9.17) is 11.6 Å². The number of rotatable bonds is 5. The number of hydrogen-bond acceptors (Lipinski definition) is 2. The molecule has 2 aromatic rings. The van der Waals surface area contributed by atoms with Gasteiger partial charge in [0.15, 0.2) is 0 Å². The van der Waals surface area contributed by atoms with E-state index in [-0.39, 0.29) is 6.04 Å². The van der Waals surface area contributed by atoms with Gasteiger partial charge in [0.2, 0.25) is 0 Å². The lowest BCUT2D eigenvalue weighted by atomic mass is 10.0. The highest BCUT2D eigenvalue weighted by Crippen LogP contribution is 2.29. The van der Waals surface area contributed by atoms with Crippen molar-refractivity contribution in [3.63, 3.8) is 0 Å². The monoisotopic (exact) mass is 302 g/mol. The fraction of sp³-hybridized carbons (Fsp3) is 0.333. The second kappa shape index (κ2) is 6.97. The Morgan fingerprint density at radius 3 is 2.57 bits per heavy atom. The first-order valence-corrected chi connectivity index (χ1v) is 7.63. The Morgan fingerprint density at radius 2 is 1.95 bits per heavy atom. The maximum atomic E-state index is 6.10. The van der Waals surface area contributed by atoms with Gasteiger partial charge < -0.3 is 10.2 Å². The average Bonchev–Trinajstić information content (AvgIpc) is 2.46. The zero-order chi connectivity index (χ0) is 15.4. The summed E-state index contributed by atoms with van der Waals surface area (Å²) in [7, 11) is 4.10. The quantitative estimate of drug-likeness (QED) is 0.870. The van der Waals surface area contributed by atoms with Crippen molar-refractivity contribution >= 4 is 17.3 Å². The van der Waals surface area contributed by atoms with E-state index in [1.807, 2.05) is 25.2 Å². The van der Waals surface area contributed by atoms with Crippen molar-refractivity contribution in [2.24, 2.45) is 0 Å². The van der Waals surface area contributed by atoms with Crippen LogP contribution in [0.5, 0.6) is 0 Å². The normalized spacial score (nSPS) is 12.2. The van der Waals surface area contributed by atoms with Gasteiger partial charge in [-0.25, -0.2) is 0 Å². The van der Waals surface area contributed by atoms with Gasteiger partial charge in [0.25, 0.3) is 0 Å². The molecule has 0 saturated heterocycles. The molecular weight excluding hydrogens is 280 g/mol. The molecule has 0 amide bonds. The van der Waals surface area contributed by atoms with Crippen LogP contribution in [0.1, 0.15) is 29.7 Å². The highest BCUT2D eigenvalue weighted by molar-refractivity contribution is 6.30. The van der Waals surface area contributed by atoms with Crippen LogP contribution in [-0.2, 0) is 6.54 Å². The van der Waals surface area contributed by atoms with E-state index in [1.165, 1.54) is 22.4 Å². The summed E-state index contributed by atoms with van der Waals surface area (Å²) < 4.78 is 0. The first-order valence-electron chi connectivity index (χ1n) is 7.25. The lowest BCUT2D eigenvalue weighted by Gasteiger charge is -2.29. The molecule has 3 heteroatoms. The molecule has 1 unspecified atom stereocenters. The van der Waals surface area contributed by atoms with E-state index in [9.17, 15) is 0 Å². The summed E-state index contributed by atoms with van der Waals surface area (Å²) >= 11 is 6.10. The van der Waals surface area contributed by atoms with Crippen molar-refractivity contribution < 1.29 is 0 Å². The fourth-order valence-corrected chi connectivity index (χ4v) is 2.82. The van der Waals surface area contributed by atoms with Gasteiger partial charge in [0.05, 0.1) is 6.04 Å². The first kappa shape index (κ1) is 15.9. The van der Waals surface area contributed by atoms with Gasteiger partial charge in [0, 0.05) is 24.3 Å². The van der Waals surface area contributed by atoms with Crippen LogP contribution in [0, 0.1) is 6.92 Å². The molecule has 0 fully saturated rings. The van der Waals surface area contributed by atoms with E-state index in [0.29, 0.717) is 0 Å². The molecule has 0 bridgehead atoms. The Kier molecular flexibility index (Phi) is 5.27. The second-order valence-corrected chi connectivity index (χ2v) is 5.93. The molecule has 2 rings (SSSR count). The van der Waals surface area contributed by atoms with Crippen molar-refractivity contribution in [3.8, 4) is 0 Å². The minimum atomic E-state index is 0.276. The molecule has 0 radical (unpaired) electrons. The molecule has 2 aromatic carbocycles. The molecule has 0 aliphatic heterocycles. The Hall–Kier alpha value is -1.51. The predicted octanol–water partition coefficient (Wildman–Crippen LogP) is 4.57. The molecule has 1 atom stereocenters. The Labute approximate surface area is 132 Å². The van der Waals surface area contributed by atoms with E-state index < -0.39 is 0 Å². The largest absolute Gasteiger partial charge is 0.368 e.